The number of nitrogens with zero attached hydrogens (tertiary/aromatic N) is 2. The molecule has 0 aliphatic rings. The van der Waals surface area contributed by atoms with Crippen LogP contribution in [-0.2, 0) is 11.8 Å². The molecule has 7 nitrogen and oxygen atoms in total. The third-order valence-corrected chi connectivity index (χ3v) is 4.64. The zero-order valence-electron chi connectivity index (χ0n) is 16.8. The van der Waals surface area contributed by atoms with E-state index < -0.39 is 0 Å². The molecule has 0 radical (unpaired) electrons. The molecule has 146 valence electrons. The molecule has 3 rings (SSSR count). The van der Waals surface area contributed by atoms with E-state index in [4.69, 9.17) is 0 Å². The van der Waals surface area contributed by atoms with E-state index in [2.05, 4.69) is 46.3 Å². The van der Waals surface area contributed by atoms with Crippen LogP contribution in [0.25, 0.3) is 11.1 Å². The van der Waals surface area contributed by atoms with Crippen LogP contribution in [0.5, 0.6) is 0 Å². The van der Waals surface area contributed by atoms with Gasteiger partial charge in [-0.05, 0) is 25.5 Å². The van der Waals surface area contributed by atoms with Crippen molar-refractivity contribution in [3.63, 3.8) is 0 Å². The lowest BCUT2D eigenvalue weighted by molar-refractivity contribution is 0.102. The molecule has 3 heterocycles. The molecule has 0 saturated carbocycles. The van der Waals surface area contributed by atoms with Gasteiger partial charge in [0.1, 0.15) is 0 Å². The number of amides is 1. The fourth-order valence-corrected chi connectivity index (χ4v) is 2.90. The van der Waals surface area contributed by atoms with Gasteiger partial charge in [-0.15, -0.1) is 0 Å². The first-order valence-electron chi connectivity index (χ1n) is 9.24. The van der Waals surface area contributed by atoms with Crippen molar-refractivity contribution in [2.24, 2.45) is 0 Å². The molecule has 1 amide bonds. The molecule has 28 heavy (non-hydrogen) atoms. The van der Waals surface area contributed by atoms with Gasteiger partial charge in [0, 0.05) is 52.0 Å². The molecule has 0 aliphatic heterocycles. The van der Waals surface area contributed by atoms with Crippen molar-refractivity contribution in [3.8, 4) is 11.1 Å². The Labute approximate surface area is 163 Å². The predicted octanol–water partition coefficient (Wildman–Crippen LogP) is 3.58. The van der Waals surface area contributed by atoms with Gasteiger partial charge in [0.2, 0.25) is 0 Å². The van der Waals surface area contributed by atoms with Gasteiger partial charge in [-0.3, -0.25) is 19.7 Å². The second kappa shape index (κ2) is 7.42. The summed E-state index contributed by atoms with van der Waals surface area (Å²) in [7, 11) is 0. The third kappa shape index (κ3) is 4.03. The van der Waals surface area contributed by atoms with Gasteiger partial charge >= 0.3 is 0 Å². The molecule has 3 aromatic rings. The minimum atomic E-state index is -0.292. The Balaban J connectivity index is 1.88. The summed E-state index contributed by atoms with van der Waals surface area (Å²) in [5.41, 5.74) is 4.24. The van der Waals surface area contributed by atoms with E-state index in [1.54, 1.807) is 12.3 Å². The van der Waals surface area contributed by atoms with Gasteiger partial charge in [-0.25, -0.2) is 0 Å². The van der Waals surface area contributed by atoms with Gasteiger partial charge in [0.25, 0.3) is 11.5 Å². The molecule has 7 heteroatoms. The van der Waals surface area contributed by atoms with E-state index in [0.29, 0.717) is 23.4 Å². The van der Waals surface area contributed by atoms with Crippen molar-refractivity contribution in [1.82, 2.24) is 20.2 Å². The molecular formula is C21H25N5O2. The monoisotopic (exact) mass is 379 g/mol. The number of hydrogen-bond acceptors (Lipinski definition) is 4. The van der Waals surface area contributed by atoms with Crippen LogP contribution in [0.15, 0.2) is 35.4 Å². The highest BCUT2D eigenvalue weighted by Gasteiger charge is 2.18. The van der Waals surface area contributed by atoms with Crippen LogP contribution < -0.4 is 10.9 Å². The van der Waals surface area contributed by atoms with E-state index in [1.807, 2.05) is 26.0 Å². The van der Waals surface area contributed by atoms with Gasteiger partial charge < -0.3 is 10.3 Å². The number of rotatable bonds is 4. The molecule has 0 saturated heterocycles. The highest BCUT2D eigenvalue weighted by Crippen LogP contribution is 2.24. The molecule has 0 spiro atoms. The summed E-state index contributed by atoms with van der Waals surface area (Å²) >= 11 is 0. The van der Waals surface area contributed by atoms with Crippen LogP contribution in [-0.4, -0.2) is 26.1 Å². The Kier molecular flexibility index (Phi) is 5.18. The van der Waals surface area contributed by atoms with Crippen molar-refractivity contribution in [2.75, 3.05) is 5.32 Å². The Bertz CT molecular complexity index is 1070. The molecule has 3 N–H and O–H groups in total. The van der Waals surface area contributed by atoms with Crippen molar-refractivity contribution >= 4 is 11.7 Å². The van der Waals surface area contributed by atoms with Crippen LogP contribution in [0.1, 0.15) is 55.0 Å². The zero-order valence-corrected chi connectivity index (χ0v) is 16.8. The Morgan fingerprint density at radius 1 is 1.18 bits per heavy atom. The van der Waals surface area contributed by atoms with E-state index in [9.17, 15) is 9.59 Å². The average Bonchev–Trinajstić information content (AvgIpc) is 3.11. The van der Waals surface area contributed by atoms with Crippen LogP contribution in [0.2, 0.25) is 0 Å². The normalized spacial score (nSPS) is 11.5. The second-order valence-electron chi connectivity index (χ2n) is 7.85. The molecule has 3 aromatic heterocycles. The minimum Gasteiger partial charge on any atom is -0.326 e. The van der Waals surface area contributed by atoms with Gasteiger partial charge in [0.05, 0.1) is 5.56 Å². The fraction of sp³-hybridized carbons (Fsp3) is 0.333. The Morgan fingerprint density at radius 2 is 1.93 bits per heavy atom. The number of aromatic nitrogens is 4. The van der Waals surface area contributed by atoms with Gasteiger partial charge in [-0.2, -0.15) is 5.10 Å². The number of carbonyl (C=O) groups excluding carboxylic acids is 1. The molecule has 0 aromatic carbocycles. The lowest BCUT2D eigenvalue weighted by Crippen LogP contribution is -2.14. The quantitative estimate of drug-likeness (QED) is 0.644. The molecule has 0 bridgehead atoms. The maximum absolute atomic E-state index is 12.7. The van der Waals surface area contributed by atoms with E-state index in [-0.39, 0.29) is 16.9 Å². The Morgan fingerprint density at radius 3 is 2.57 bits per heavy atom. The lowest BCUT2D eigenvalue weighted by Gasteiger charge is -2.14. The summed E-state index contributed by atoms with van der Waals surface area (Å²) in [5.74, 6) is 0.174. The summed E-state index contributed by atoms with van der Waals surface area (Å²) in [6, 6.07) is 5.45. The number of anilines is 1. The first kappa shape index (κ1) is 19.5. The molecule has 0 fully saturated rings. The number of pyridine rings is 2. The molecular weight excluding hydrogens is 354 g/mol. The van der Waals surface area contributed by atoms with Gasteiger partial charge in [0.15, 0.2) is 5.82 Å². The highest BCUT2D eigenvalue weighted by molar-refractivity contribution is 6.04. The van der Waals surface area contributed by atoms with E-state index in [0.717, 1.165) is 22.5 Å². The number of hydrogen-bond donors (Lipinski definition) is 3. The van der Waals surface area contributed by atoms with Crippen LogP contribution >= 0.6 is 0 Å². The Hall–Kier alpha value is -3.22. The summed E-state index contributed by atoms with van der Waals surface area (Å²) in [6.45, 7) is 9.96. The van der Waals surface area contributed by atoms with Crippen LogP contribution in [0, 0.1) is 6.92 Å². The fourth-order valence-electron chi connectivity index (χ4n) is 2.90. The number of aryl methyl sites for hydroxylation is 2. The molecule has 0 atom stereocenters. The number of H-pyrrole nitrogens is 2. The summed E-state index contributed by atoms with van der Waals surface area (Å²) in [6.07, 6.45) is 3.83. The summed E-state index contributed by atoms with van der Waals surface area (Å²) in [5, 5.41) is 9.91. The molecule has 0 aliphatic carbocycles. The van der Waals surface area contributed by atoms with Crippen molar-refractivity contribution in [2.45, 2.75) is 46.5 Å². The minimum absolute atomic E-state index is 0.0845. The predicted molar refractivity (Wildman–Crippen MR) is 110 cm³/mol. The van der Waals surface area contributed by atoms with E-state index >= 15 is 0 Å². The van der Waals surface area contributed by atoms with Crippen LogP contribution in [0.3, 0.4) is 0 Å². The SMILES string of the molecule is CCc1cc(-c2cncc(C(=O)Nc3cc(C(C)(C)C)[nH]n3)c2)c(C)[nH]c1=O. The second-order valence-corrected chi connectivity index (χ2v) is 7.85. The van der Waals surface area contributed by atoms with Crippen molar-refractivity contribution in [1.29, 1.82) is 0 Å². The number of aromatic amines is 2. The number of nitrogens with one attached hydrogen (secondary N) is 3. The van der Waals surface area contributed by atoms with E-state index in [1.165, 1.54) is 6.20 Å². The average molecular weight is 379 g/mol. The maximum atomic E-state index is 12.7. The zero-order chi connectivity index (χ0) is 20.5. The summed E-state index contributed by atoms with van der Waals surface area (Å²) < 4.78 is 0. The smallest absolute Gasteiger partial charge is 0.258 e. The first-order valence-corrected chi connectivity index (χ1v) is 9.24. The third-order valence-electron chi connectivity index (χ3n) is 4.64. The largest absolute Gasteiger partial charge is 0.326 e. The summed E-state index contributed by atoms with van der Waals surface area (Å²) in [4.78, 5) is 31.7. The first-order chi connectivity index (χ1) is 13.2. The van der Waals surface area contributed by atoms with Crippen LogP contribution in [0.4, 0.5) is 5.82 Å². The molecule has 0 unspecified atom stereocenters. The van der Waals surface area contributed by atoms with Gasteiger partial charge in [-0.1, -0.05) is 27.7 Å². The lowest BCUT2D eigenvalue weighted by atomic mass is 9.92. The van der Waals surface area contributed by atoms with Crippen molar-refractivity contribution < 1.29 is 4.79 Å². The highest BCUT2D eigenvalue weighted by atomic mass is 16.1. The van der Waals surface area contributed by atoms with Crippen molar-refractivity contribution in [3.05, 3.63) is 63.5 Å². The standard InChI is InChI=1S/C21H25N5O2/c1-6-13-8-16(12(2)23-19(13)27)14-7-15(11-22-10-14)20(28)24-18-9-17(25-26-18)21(3,4)5/h7-11H,6H2,1-5H3,(H,23,27)(H2,24,25,26,28). The maximum Gasteiger partial charge on any atom is 0.258 e. The number of carbonyl (C=O) groups is 1. The topological polar surface area (TPSA) is 104 Å².